The maximum absolute atomic E-state index is 14.1. The first kappa shape index (κ1) is 17.8. The lowest BCUT2D eigenvalue weighted by Crippen LogP contribution is -2.11. The van der Waals surface area contributed by atoms with Crippen LogP contribution in [-0.4, -0.2) is 42.1 Å². The zero-order valence-corrected chi connectivity index (χ0v) is 15.3. The number of rotatable bonds is 5. The third-order valence-electron chi connectivity index (χ3n) is 4.22. The Morgan fingerprint density at radius 3 is 2.79 bits per heavy atom. The van der Waals surface area contributed by atoms with Crippen molar-refractivity contribution in [2.45, 2.75) is 13.5 Å². The second-order valence-corrected chi connectivity index (χ2v) is 6.08. The number of carbonyl (C=O) groups excluding carboxylic acids is 1. The summed E-state index contributed by atoms with van der Waals surface area (Å²) in [4.78, 5) is 20.7. The fraction of sp³-hybridized carbons (Fsp3) is 0.211. The fourth-order valence-corrected chi connectivity index (χ4v) is 2.93. The summed E-state index contributed by atoms with van der Waals surface area (Å²) in [6.45, 7) is 2.17. The zero-order valence-electron chi connectivity index (χ0n) is 15.3. The highest BCUT2D eigenvalue weighted by molar-refractivity contribution is 5.90. The minimum atomic E-state index is -0.558. The number of nitrogens with zero attached hydrogens (tertiary/aromatic N) is 6. The van der Waals surface area contributed by atoms with Crippen molar-refractivity contribution in [3.8, 4) is 11.5 Å². The van der Waals surface area contributed by atoms with Crippen LogP contribution >= 0.6 is 0 Å². The molecule has 0 aliphatic rings. The van der Waals surface area contributed by atoms with Crippen molar-refractivity contribution >= 4 is 17.0 Å². The third kappa shape index (κ3) is 3.11. The molecule has 1 aromatic carbocycles. The average molecular weight is 380 g/mol. The zero-order chi connectivity index (χ0) is 19.7. The molecule has 4 rings (SSSR count). The molecule has 0 aliphatic carbocycles. The Morgan fingerprint density at radius 2 is 2.00 bits per heavy atom. The summed E-state index contributed by atoms with van der Waals surface area (Å²) in [5, 5.41) is 9.56. The van der Waals surface area contributed by atoms with E-state index in [2.05, 4.69) is 20.2 Å². The SMILES string of the molecule is CCOC(=O)c1nc(-c2nn(Cc3ccccc3F)c3ncccc23)nn1C. The van der Waals surface area contributed by atoms with Crippen LogP contribution in [0.3, 0.4) is 0 Å². The predicted octanol–water partition coefficient (Wildman–Crippen LogP) is 2.59. The van der Waals surface area contributed by atoms with Crippen LogP contribution in [0.1, 0.15) is 23.1 Å². The number of hydrogen-bond donors (Lipinski definition) is 0. The van der Waals surface area contributed by atoms with Gasteiger partial charge in [-0.3, -0.25) is 0 Å². The van der Waals surface area contributed by atoms with Gasteiger partial charge >= 0.3 is 5.97 Å². The molecule has 0 radical (unpaired) electrons. The molecule has 28 heavy (non-hydrogen) atoms. The largest absolute Gasteiger partial charge is 0.460 e. The molecule has 4 aromatic rings. The first-order chi connectivity index (χ1) is 13.6. The molecule has 0 unspecified atom stereocenters. The van der Waals surface area contributed by atoms with E-state index >= 15 is 0 Å². The maximum Gasteiger partial charge on any atom is 0.376 e. The van der Waals surface area contributed by atoms with E-state index in [1.54, 1.807) is 49.1 Å². The monoisotopic (exact) mass is 380 g/mol. The van der Waals surface area contributed by atoms with E-state index in [-0.39, 0.29) is 30.6 Å². The van der Waals surface area contributed by atoms with Gasteiger partial charge in [-0.1, -0.05) is 18.2 Å². The van der Waals surface area contributed by atoms with Gasteiger partial charge in [-0.2, -0.15) is 10.1 Å². The standard InChI is InChI=1S/C19H17FN6O2/c1-3-28-19(27)18-22-16(24-25(18)2)15-13-8-6-10-21-17(13)26(23-15)11-12-7-4-5-9-14(12)20/h4-10H,3,11H2,1-2H3. The van der Waals surface area contributed by atoms with Gasteiger partial charge in [0.05, 0.1) is 18.5 Å². The number of aromatic nitrogens is 6. The lowest BCUT2D eigenvalue weighted by Gasteiger charge is -2.04. The van der Waals surface area contributed by atoms with Gasteiger partial charge in [0.25, 0.3) is 0 Å². The van der Waals surface area contributed by atoms with Crippen LogP contribution in [0.25, 0.3) is 22.6 Å². The van der Waals surface area contributed by atoms with Gasteiger partial charge in [-0.05, 0) is 25.1 Å². The van der Waals surface area contributed by atoms with E-state index in [0.29, 0.717) is 22.3 Å². The van der Waals surface area contributed by atoms with Crippen LogP contribution in [0.4, 0.5) is 4.39 Å². The van der Waals surface area contributed by atoms with Gasteiger partial charge in [-0.25, -0.2) is 23.5 Å². The molecular formula is C19H17FN6O2. The van der Waals surface area contributed by atoms with Crippen LogP contribution < -0.4 is 0 Å². The van der Waals surface area contributed by atoms with Crippen molar-refractivity contribution in [1.29, 1.82) is 0 Å². The van der Waals surface area contributed by atoms with Crippen molar-refractivity contribution in [2.24, 2.45) is 7.05 Å². The quantitative estimate of drug-likeness (QED) is 0.495. The number of pyridine rings is 1. The number of hydrogen-bond acceptors (Lipinski definition) is 6. The van der Waals surface area contributed by atoms with Gasteiger partial charge in [0.1, 0.15) is 11.5 Å². The Hall–Kier alpha value is -3.62. The average Bonchev–Trinajstić information content (AvgIpc) is 3.25. The number of fused-ring (bicyclic) bond motifs is 1. The molecule has 0 amide bonds. The van der Waals surface area contributed by atoms with Gasteiger partial charge in [0.15, 0.2) is 5.65 Å². The first-order valence-electron chi connectivity index (χ1n) is 8.72. The molecule has 0 saturated carbocycles. The third-order valence-corrected chi connectivity index (χ3v) is 4.22. The molecular weight excluding hydrogens is 363 g/mol. The minimum Gasteiger partial charge on any atom is -0.460 e. The van der Waals surface area contributed by atoms with Gasteiger partial charge in [0.2, 0.25) is 11.6 Å². The molecule has 9 heteroatoms. The highest BCUT2D eigenvalue weighted by atomic mass is 19.1. The second-order valence-electron chi connectivity index (χ2n) is 6.08. The van der Waals surface area contributed by atoms with Crippen LogP contribution in [0.15, 0.2) is 42.6 Å². The lowest BCUT2D eigenvalue weighted by molar-refractivity contribution is 0.0506. The van der Waals surface area contributed by atoms with Crippen LogP contribution in [-0.2, 0) is 18.3 Å². The topological polar surface area (TPSA) is 87.7 Å². The number of ether oxygens (including phenoxy) is 1. The minimum absolute atomic E-state index is 0.0811. The predicted molar refractivity (Wildman–Crippen MR) is 99.0 cm³/mol. The molecule has 0 saturated heterocycles. The fourth-order valence-electron chi connectivity index (χ4n) is 2.93. The molecule has 142 valence electrons. The molecule has 8 nitrogen and oxygen atoms in total. The van der Waals surface area contributed by atoms with Crippen LogP contribution in [0, 0.1) is 5.82 Å². The first-order valence-corrected chi connectivity index (χ1v) is 8.72. The van der Waals surface area contributed by atoms with Gasteiger partial charge < -0.3 is 4.74 Å². The Bertz CT molecular complexity index is 1170. The number of halogens is 1. The summed E-state index contributed by atoms with van der Waals surface area (Å²) in [6.07, 6.45) is 1.64. The van der Waals surface area contributed by atoms with Crippen molar-refractivity contribution < 1.29 is 13.9 Å². The highest BCUT2D eigenvalue weighted by Crippen LogP contribution is 2.25. The molecule has 0 aliphatic heterocycles. The molecule has 0 spiro atoms. The summed E-state index contributed by atoms with van der Waals surface area (Å²) in [6, 6.07) is 10.1. The van der Waals surface area contributed by atoms with Gasteiger partial charge in [0, 0.05) is 18.8 Å². The lowest BCUT2D eigenvalue weighted by atomic mass is 10.2. The van der Waals surface area contributed by atoms with E-state index in [4.69, 9.17) is 4.74 Å². The number of aryl methyl sites for hydroxylation is 1. The van der Waals surface area contributed by atoms with Crippen LogP contribution in [0.2, 0.25) is 0 Å². The van der Waals surface area contributed by atoms with E-state index in [9.17, 15) is 9.18 Å². The van der Waals surface area contributed by atoms with E-state index in [1.807, 2.05) is 6.07 Å². The molecule has 0 atom stereocenters. The highest BCUT2D eigenvalue weighted by Gasteiger charge is 2.22. The van der Waals surface area contributed by atoms with Crippen molar-refractivity contribution in [2.75, 3.05) is 6.61 Å². The Balaban J connectivity index is 1.80. The number of benzene rings is 1. The summed E-state index contributed by atoms with van der Waals surface area (Å²) >= 11 is 0. The van der Waals surface area contributed by atoms with Gasteiger partial charge in [-0.15, -0.1) is 5.10 Å². The molecule has 0 bridgehead atoms. The molecule has 3 aromatic heterocycles. The normalized spacial score (nSPS) is 11.1. The van der Waals surface area contributed by atoms with E-state index in [0.717, 1.165) is 0 Å². The van der Waals surface area contributed by atoms with Crippen molar-refractivity contribution in [3.63, 3.8) is 0 Å². The Morgan fingerprint density at radius 1 is 1.18 bits per heavy atom. The Labute approximate surface area is 159 Å². The molecule has 0 N–H and O–H groups in total. The number of carbonyl (C=O) groups is 1. The van der Waals surface area contributed by atoms with E-state index < -0.39 is 5.97 Å². The summed E-state index contributed by atoms with van der Waals surface area (Å²) in [5.41, 5.74) is 1.53. The summed E-state index contributed by atoms with van der Waals surface area (Å²) < 4.78 is 22.0. The molecule has 0 fully saturated rings. The smallest absolute Gasteiger partial charge is 0.376 e. The van der Waals surface area contributed by atoms with Crippen molar-refractivity contribution in [3.05, 3.63) is 59.8 Å². The maximum atomic E-state index is 14.1. The summed E-state index contributed by atoms with van der Waals surface area (Å²) in [5.74, 6) is -0.519. The summed E-state index contributed by atoms with van der Waals surface area (Å²) in [7, 11) is 1.61. The number of esters is 1. The molecule has 3 heterocycles. The second kappa shape index (κ2) is 7.18. The van der Waals surface area contributed by atoms with E-state index in [1.165, 1.54) is 10.7 Å². The van der Waals surface area contributed by atoms with Crippen LogP contribution in [0.5, 0.6) is 0 Å². The Kier molecular flexibility index (Phi) is 4.56. The van der Waals surface area contributed by atoms with Crippen molar-refractivity contribution in [1.82, 2.24) is 29.5 Å².